The van der Waals surface area contributed by atoms with E-state index in [1.54, 1.807) is 4.90 Å². The van der Waals surface area contributed by atoms with Crippen LogP contribution in [0, 0.1) is 11.7 Å². The second kappa shape index (κ2) is 8.33. The van der Waals surface area contributed by atoms with Crippen molar-refractivity contribution in [2.45, 2.75) is 51.6 Å². The van der Waals surface area contributed by atoms with Crippen LogP contribution in [0.3, 0.4) is 0 Å². The molecule has 5 nitrogen and oxygen atoms in total. The first-order valence-corrected chi connectivity index (χ1v) is 9.91. The predicted molar refractivity (Wildman–Crippen MR) is 107 cm³/mol. The number of aromatic nitrogens is 2. The van der Waals surface area contributed by atoms with Crippen LogP contribution in [0.1, 0.15) is 50.8 Å². The number of imidazole rings is 1. The number of carbonyl (C=O) groups excluding carboxylic acids is 1. The van der Waals surface area contributed by atoms with Crippen LogP contribution < -0.4 is 0 Å². The molecule has 0 saturated carbocycles. The summed E-state index contributed by atoms with van der Waals surface area (Å²) in [5, 5.41) is 0. The molecule has 3 rings (SSSR count). The van der Waals surface area contributed by atoms with Crippen LogP contribution in [0.25, 0.3) is 0 Å². The van der Waals surface area contributed by atoms with Gasteiger partial charge >= 0.3 is 6.09 Å². The lowest BCUT2D eigenvalue weighted by atomic mass is 9.77. The van der Waals surface area contributed by atoms with Crippen LogP contribution >= 0.6 is 0 Å². The Morgan fingerprint density at radius 3 is 2.43 bits per heavy atom. The summed E-state index contributed by atoms with van der Waals surface area (Å²) in [7, 11) is 1.96. The SMILES string of the molecule is Cn1cnc(CC(c2ccc(F)cc2)C2CCN(C(=O)OC(C)(C)C)CC2)c1. The molecule has 0 N–H and O–H groups in total. The number of carbonyl (C=O) groups is 1. The second-order valence-corrected chi connectivity index (χ2v) is 8.70. The molecule has 1 aliphatic heterocycles. The molecule has 1 unspecified atom stereocenters. The normalized spacial score (nSPS) is 16.8. The first kappa shape index (κ1) is 20.4. The van der Waals surface area contributed by atoms with Crippen molar-refractivity contribution in [1.29, 1.82) is 0 Å². The summed E-state index contributed by atoms with van der Waals surface area (Å²) >= 11 is 0. The highest BCUT2D eigenvalue weighted by Gasteiger charge is 2.31. The molecule has 28 heavy (non-hydrogen) atoms. The van der Waals surface area contributed by atoms with Gasteiger partial charge in [-0.25, -0.2) is 14.2 Å². The minimum absolute atomic E-state index is 0.222. The minimum atomic E-state index is -0.483. The molecule has 6 heteroatoms. The van der Waals surface area contributed by atoms with E-state index in [2.05, 4.69) is 4.98 Å². The smallest absolute Gasteiger partial charge is 0.410 e. The molecule has 1 aliphatic rings. The topological polar surface area (TPSA) is 47.4 Å². The summed E-state index contributed by atoms with van der Waals surface area (Å²) in [6.45, 7) is 7.01. The zero-order valence-electron chi connectivity index (χ0n) is 17.2. The fourth-order valence-corrected chi connectivity index (χ4v) is 3.88. The van der Waals surface area contributed by atoms with Crippen molar-refractivity contribution in [3.63, 3.8) is 0 Å². The van der Waals surface area contributed by atoms with Gasteiger partial charge in [-0.15, -0.1) is 0 Å². The number of rotatable bonds is 4. The lowest BCUT2D eigenvalue weighted by Crippen LogP contribution is -2.42. The zero-order valence-corrected chi connectivity index (χ0v) is 17.2. The summed E-state index contributed by atoms with van der Waals surface area (Å²) in [6, 6.07) is 6.81. The van der Waals surface area contributed by atoms with Crippen LogP contribution in [0.4, 0.5) is 9.18 Å². The van der Waals surface area contributed by atoms with Crippen LogP contribution in [-0.2, 0) is 18.2 Å². The highest BCUT2D eigenvalue weighted by Crippen LogP contribution is 2.35. The van der Waals surface area contributed by atoms with Gasteiger partial charge in [0.25, 0.3) is 0 Å². The van der Waals surface area contributed by atoms with E-state index >= 15 is 0 Å². The van der Waals surface area contributed by atoms with Crippen molar-refractivity contribution in [3.8, 4) is 0 Å². The maximum absolute atomic E-state index is 13.4. The molecule has 1 atom stereocenters. The summed E-state index contributed by atoms with van der Waals surface area (Å²) in [4.78, 5) is 18.6. The largest absolute Gasteiger partial charge is 0.444 e. The molecule has 0 aliphatic carbocycles. The average Bonchev–Trinajstić information content (AvgIpc) is 3.04. The maximum atomic E-state index is 13.4. The number of halogens is 1. The van der Waals surface area contributed by atoms with Crippen molar-refractivity contribution >= 4 is 6.09 Å². The van der Waals surface area contributed by atoms with Gasteiger partial charge in [0.15, 0.2) is 0 Å². The predicted octanol–water partition coefficient (Wildman–Crippen LogP) is 4.53. The number of aryl methyl sites for hydroxylation is 1. The molecule has 1 fully saturated rings. The Balaban J connectivity index is 1.71. The quantitative estimate of drug-likeness (QED) is 0.774. The summed E-state index contributed by atoms with van der Waals surface area (Å²) in [6.07, 6.45) is 6.20. The first-order valence-electron chi connectivity index (χ1n) is 9.91. The number of likely N-dealkylation sites (tertiary alicyclic amines) is 1. The minimum Gasteiger partial charge on any atom is -0.444 e. The molecule has 1 amide bonds. The fraction of sp³-hybridized carbons (Fsp3) is 0.545. The molecule has 2 heterocycles. The monoisotopic (exact) mass is 387 g/mol. The van der Waals surface area contributed by atoms with Crippen molar-refractivity contribution in [1.82, 2.24) is 14.5 Å². The van der Waals surface area contributed by atoms with Gasteiger partial charge in [0.05, 0.1) is 12.0 Å². The van der Waals surface area contributed by atoms with Crippen molar-refractivity contribution in [2.24, 2.45) is 13.0 Å². The molecule has 1 saturated heterocycles. The molecular formula is C22H30FN3O2. The van der Waals surface area contributed by atoms with Crippen molar-refractivity contribution < 1.29 is 13.9 Å². The highest BCUT2D eigenvalue weighted by atomic mass is 19.1. The van der Waals surface area contributed by atoms with Crippen LogP contribution in [-0.4, -0.2) is 39.2 Å². The van der Waals surface area contributed by atoms with Gasteiger partial charge in [-0.3, -0.25) is 0 Å². The van der Waals surface area contributed by atoms with Gasteiger partial charge in [0.1, 0.15) is 11.4 Å². The van der Waals surface area contributed by atoms with Gasteiger partial charge in [-0.2, -0.15) is 0 Å². The number of ether oxygens (including phenoxy) is 1. The highest BCUT2D eigenvalue weighted by molar-refractivity contribution is 5.68. The van der Waals surface area contributed by atoms with E-state index in [-0.39, 0.29) is 17.8 Å². The van der Waals surface area contributed by atoms with Gasteiger partial charge in [0, 0.05) is 26.3 Å². The Hall–Kier alpha value is -2.37. The lowest BCUT2D eigenvalue weighted by molar-refractivity contribution is 0.0173. The summed E-state index contributed by atoms with van der Waals surface area (Å²) < 4.78 is 20.9. The van der Waals surface area contributed by atoms with E-state index in [1.807, 2.05) is 57.0 Å². The molecule has 1 aromatic heterocycles. The molecular weight excluding hydrogens is 357 g/mol. The molecule has 2 aromatic rings. The fourth-order valence-electron chi connectivity index (χ4n) is 3.88. The van der Waals surface area contributed by atoms with E-state index < -0.39 is 5.60 Å². The molecule has 0 radical (unpaired) electrons. The summed E-state index contributed by atoms with van der Waals surface area (Å²) in [5.41, 5.74) is 1.68. The number of amides is 1. The Bertz CT molecular complexity index is 787. The Labute approximate surface area is 166 Å². The van der Waals surface area contributed by atoms with Gasteiger partial charge in [-0.05, 0) is 69.6 Å². The Morgan fingerprint density at radius 1 is 1.25 bits per heavy atom. The third kappa shape index (κ3) is 5.33. The zero-order chi connectivity index (χ0) is 20.3. The van der Waals surface area contributed by atoms with Crippen LogP contribution in [0.2, 0.25) is 0 Å². The molecule has 0 bridgehead atoms. The van der Waals surface area contributed by atoms with E-state index in [9.17, 15) is 9.18 Å². The molecule has 0 spiro atoms. The third-order valence-corrected chi connectivity index (χ3v) is 5.25. The number of nitrogens with zero attached hydrogens (tertiary/aromatic N) is 3. The van der Waals surface area contributed by atoms with Gasteiger partial charge in [0.2, 0.25) is 0 Å². The number of hydrogen-bond donors (Lipinski definition) is 0. The van der Waals surface area contributed by atoms with Crippen LogP contribution in [0.5, 0.6) is 0 Å². The number of benzene rings is 1. The van der Waals surface area contributed by atoms with Gasteiger partial charge < -0.3 is 14.2 Å². The van der Waals surface area contributed by atoms with Crippen molar-refractivity contribution in [3.05, 3.63) is 53.9 Å². The maximum Gasteiger partial charge on any atom is 0.410 e. The standard InChI is InChI=1S/C22H30FN3O2/c1-22(2,3)28-21(27)26-11-9-17(10-12-26)20(13-19-14-25(4)15-24-19)16-5-7-18(23)8-6-16/h5-8,14-15,17,20H,9-13H2,1-4H3. The van der Waals surface area contributed by atoms with Gasteiger partial charge in [-0.1, -0.05) is 12.1 Å². The third-order valence-electron chi connectivity index (χ3n) is 5.25. The number of piperidine rings is 1. The van der Waals surface area contributed by atoms with E-state index in [0.29, 0.717) is 19.0 Å². The Kier molecular flexibility index (Phi) is 6.06. The second-order valence-electron chi connectivity index (χ2n) is 8.70. The molecule has 1 aromatic carbocycles. The average molecular weight is 387 g/mol. The van der Waals surface area contributed by atoms with Crippen LogP contribution in [0.15, 0.2) is 36.8 Å². The Morgan fingerprint density at radius 2 is 1.89 bits per heavy atom. The molecule has 152 valence electrons. The first-order chi connectivity index (χ1) is 13.2. The lowest BCUT2D eigenvalue weighted by Gasteiger charge is -2.37. The van der Waals surface area contributed by atoms with E-state index in [4.69, 9.17) is 4.74 Å². The van der Waals surface area contributed by atoms with Crippen molar-refractivity contribution in [2.75, 3.05) is 13.1 Å². The number of hydrogen-bond acceptors (Lipinski definition) is 3. The summed E-state index contributed by atoms with van der Waals surface area (Å²) in [5.74, 6) is 0.433. The van der Waals surface area contributed by atoms with E-state index in [1.165, 1.54) is 12.1 Å². The van der Waals surface area contributed by atoms with E-state index in [0.717, 1.165) is 30.5 Å².